The summed E-state index contributed by atoms with van der Waals surface area (Å²) < 4.78 is 48.8. The van der Waals surface area contributed by atoms with E-state index in [2.05, 4.69) is 0 Å². The number of nitrogens with one attached hydrogen (secondary N) is 1. The maximum absolute atomic E-state index is 13.0. The molecule has 100 valence electrons. The number of anilines is 1. The van der Waals surface area contributed by atoms with Crippen molar-refractivity contribution in [1.29, 1.82) is 0 Å². The van der Waals surface area contributed by atoms with Crippen molar-refractivity contribution in [3.8, 4) is 0 Å². The first kappa shape index (κ1) is 14.2. The third-order valence-corrected chi connectivity index (χ3v) is 2.10. The lowest BCUT2D eigenvalue weighted by Gasteiger charge is -2.15. The molecule has 1 aromatic rings. The molecule has 1 amide bonds. The molecule has 0 bridgehead atoms. The molecular weight excluding hydrogens is 256 g/mol. The highest BCUT2D eigenvalue weighted by molar-refractivity contribution is 5.94. The van der Waals surface area contributed by atoms with Crippen molar-refractivity contribution >= 4 is 11.6 Å². The monoisotopic (exact) mass is 266 g/mol. The molecule has 0 spiro atoms. The van der Waals surface area contributed by atoms with Gasteiger partial charge in [-0.3, -0.25) is 4.79 Å². The number of hydrogen-bond donors (Lipinski definition) is 3. The van der Waals surface area contributed by atoms with Gasteiger partial charge in [0.05, 0.1) is 12.2 Å². The van der Waals surface area contributed by atoms with Gasteiger partial charge in [0.2, 0.25) is 0 Å². The van der Waals surface area contributed by atoms with Gasteiger partial charge in [-0.1, -0.05) is 0 Å². The molecule has 4 nitrogen and oxygen atoms in total. The summed E-state index contributed by atoms with van der Waals surface area (Å²) in [6, 6.07) is 3.07. The molecule has 0 aliphatic rings. The van der Waals surface area contributed by atoms with Crippen LogP contribution in [0.4, 0.5) is 23.2 Å². The normalized spacial score (nSPS) is 13.2. The Balaban J connectivity index is 2.63. The lowest BCUT2D eigenvalue weighted by molar-refractivity contribution is -0.201. The van der Waals surface area contributed by atoms with Gasteiger partial charge < -0.3 is 16.2 Å². The van der Waals surface area contributed by atoms with Crippen LogP contribution in [0.5, 0.6) is 0 Å². The lowest BCUT2D eigenvalue weighted by Crippen LogP contribution is -2.40. The number of nitrogen functional groups attached to an aromatic ring is 1. The van der Waals surface area contributed by atoms with E-state index in [9.17, 15) is 22.4 Å². The molecule has 0 radical (unpaired) electrons. The van der Waals surface area contributed by atoms with Crippen LogP contribution in [0.25, 0.3) is 0 Å². The Kier molecular flexibility index (Phi) is 4.12. The number of carbonyl (C=O) groups excluding carboxylic acids is 1. The Labute approximate surface area is 99.4 Å². The molecule has 0 aromatic heterocycles. The number of rotatable bonds is 3. The minimum absolute atomic E-state index is 0.179. The smallest absolute Gasteiger partial charge is 0.396 e. The second-order valence-electron chi connectivity index (χ2n) is 3.50. The van der Waals surface area contributed by atoms with Gasteiger partial charge in [0.25, 0.3) is 5.91 Å². The van der Waals surface area contributed by atoms with E-state index in [4.69, 9.17) is 10.8 Å². The van der Waals surface area contributed by atoms with Gasteiger partial charge in [0, 0.05) is 5.56 Å². The van der Waals surface area contributed by atoms with Gasteiger partial charge in [-0.15, -0.1) is 0 Å². The number of nitrogens with two attached hydrogens (primary N) is 1. The van der Waals surface area contributed by atoms with E-state index in [-0.39, 0.29) is 11.3 Å². The summed E-state index contributed by atoms with van der Waals surface area (Å²) >= 11 is 0. The molecule has 0 saturated heterocycles. The van der Waals surface area contributed by atoms with Gasteiger partial charge in [-0.25, -0.2) is 4.39 Å². The quantitative estimate of drug-likeness (QED) is 0.565. The van der Waals surface area contributed by atoms with E-state index < -0.39 is 30.5 Å². The Morgan fingerprint density at radius 1 is 1.44 bits per heavy atom. The molecule has 8 heteroatoms. The third-order valence-electron chi connectivity index (χ3n) is 2.10. The van der Waals surface area contributed by atoms with Gasteiger partial charge in [-0.2, -0.15) is 13.2 Å². The molecule has 18 heavy (non-hydrogen) atoms. The Bertz CT molecular complexity index is 448. The first-order chi connectivity index (χ1) is 8.21. The summed E-state index contributed by atoms with van der Waals surface area (Å²) in [5.41, 5.74) is 4.81. The number of halogens is 4. The highest BCUT2D eigenvalue weighted by Crippen LogP contribution is 2.19. The van der Waals surface area contributed by atoms with E-state index in [1.54, 1.807) is 0 Å². The van der Waals surface area contributed by atoms with E-state index in [1.165, 1.54) is 0 Å². The van der Waals surface area contributed by atoms with Crippen LogP contribution in [0.15, 0.2) is 18.2 Å². The van der Waals surface area contributed by atoms with E-state index in [0.717, 1.165) is 18.2 Å². The second-order valence-corrected chi connectivity index (χ2v) is 3.50. The summed E-state index contributed by atoms with van der Waals surface area (Å²) in [6.45, 7) is -1.01. The van der Waals surface area contributed by atoms with Crippen molar-refractivity contribution in [2.45, 2.75) is 12.3 Å². The SMILES string of the molecule is Nc1ccc(C(=O)NCC(O)C(F)(F)F)cc1F. The standard InChI is InChI=1S/C10H10F4N2O2/c11-6-3-5(1-2-7(6)15)9(18)16-4-8(17)10(12,13)14/h1-3,8,17H,4,15H2,(H,16,18). The highest BCUT2D eigenvalue weighted by Gasteiger charge is 2.38. The van der Waals surface area contributed by atoms with Crippen LogP contribution in [-0.2, 0) is 0 Å². The van der Waals surface area contributed by atoms with Crippen molar-refractivity contribution in [1.82, 2.24) is 5.32 Å². The largest absolute Gasteiger partial charge is 0.416 e. The molecule has 0 aliphatic carbocycles. The molecule has 1 atom stereocenters. The van der Waals surface area contributed by atoms with E-state index in [0.29, 0.717) is 0 Å². The van der Waals surface area contributed by atoms with Gasteiger partial charge in [0.15, 0.2) is 6.10 Å². The average Bonchev–Trinajstić information content (AvgIpc) is 2.27. The van der Waals surface area contributed by atoms with Crippen molar-refractivity contribution in [2.24, 2.45) is 0 Å². The number of hydrogen-bond acceptors (Lipinski definition) is 3. The Hall–Kier alpha value is -1.83. The summed E-state index contributed by atoms with van der Waals surface area (Å²) in [5.74, 6) is -1.78. The van der Waals surface area contributed by atoms with Crippen molar-refractivity contribution < 1.29 is 27.5 Å². The van der Waals surface area contributed by atoms with Crippen LogP contribution in [0, 0.1) is 5.82 Å². The fourth-order valence-electron chi connectivity index (χ4n) is 1.08. The topological polar surface area (TPSA) is 75.4 Å². The molecular formula is C10H10F4N2O2. The van der Waals surface area contributed by atoms with Crippen LogP contribution in [0.1, 0.15) is 10.4 Å². The van der Waals surface area contributed by atoms with E-state index in [1.807, 2.05) is 5.32 Å². The molecule has 0 saturated carbocycles. The Morgan fingerprint density at radius 2 is 2.06 bits per heavy atom. The summed E-state index contributed by atoms with van der Waals surface area (Å²) in [4.78, 5) is 11.3. The fraction of sp³-hybridized carbons (Fsp3) is 0.300. The maximum Gasteiger partial charge on any atom is 0.416 e. The van der Waals surface area contributed by atoms with E-state index >= 15 is 0 Å². The van der Waals surface area contributed by atoms with Gasteiger partial charge >= 0.3 is 6.18 Å². The number of alkyl halides is 3. The minimum atomic E-state index is -4.82. The van der Waals surface area contributed by atoms with Gasteiger partial charge in [-0.05, 0) is 18.2 Å². The zero-order chi connectivity index (χ0) is 13.9. The number of amides is 1. The predicted molar refractivity (Wildman–Crippen MR) is 55.2 cm³/mol. The molecule has 4 N–H and O–H groups in total. The van der Waals surface area contributed by atoms with Crippen LogP contribution in [-0.4, -0.2) is 29.8 Å². The second kappa shape index (κ2) is 5.21. The number of benzene rings is 1. The zero-order valence-electron chi connectivity index (χ0n) is 8.96. The number of carbonyl (C=O) groups is 1. The zero-order valence-corrected chi connectivity index (χ0v) is 8.96. The lowest BCUT2D eigenvalue weighted by atomic mass is 10.2. The van der Waals surface area contributed by atoms with Crippen LogP contribution >= 0.6 is 0 Å². The molecule has 0 fully saturated rings. The highest BCUT2D eigenvalue weighted by atomic mass is 19.4. The summed E-state index contributed by atoms with van der Waals surface area (Å²) in [6.07, 6.45) is -7.49. The molecule has 0 heterocycles. The van der Waals surface area contributed by atoms with Crippen molar-refractivity contribution in [2.75, 3.05) is 12.3 Å². The van der Waals surface area contributed by atoms with Crippen LogP contribution in [0.2, 0.25) is 0 Å². The number of aliphatic hydroxyl groups is 1. The first-order valence-electron chi connectivity index (χ1n) is 4.80. The minimum Gasteiger partial charge on any atom is -0.396 e. The van der Waals surface area contributed by atoms with Crippen molar-refractivity contribution in [3.63, 3.8) is 0 Å². The Morgan fingerprint density at radius 3 is 2.56 bits per heavy atom. The van der Waals surface area contributed by atoms with Crippen LogP contribution in [0.3, 0.4) is 0 Å². The van der Waals surface area contributed by atoms with Gasteiger partial charge in [0.1, 0.15) is 5.82 Å². The summed E-state index contributed by atoms with van der Waals surface area (Å²) in [5, 5.41) is 10.5. The van der Waals surface area contributed by atoms with Crippen molar-refractivity contribution in [3.05, 3.63) is 29.6 Å². The summed E-state index contributed by atoms with van der Waals surface area (Å²) in [7, 11) is 0. The first-order valence-corrected chi connectivity index (χ1v) is 4.80. The average molecular weight is 266 g/mol. The fourth-order valence-corrected chi connectivity index (χ4v) is 1.08. The predicted octanol–water partition coefficient (Wildman–Crippen LogP) is 1.06. The molecule has 1 rings (SSSR count). The molecule has 0 aliphatic heterocycles. The van der Waals surface area contributed by atoms with Crippen LogP contribution < -0.4 is 11.1 Å². The molecule has 1 aromatic carbocycles. The maximum atomic E-state index is 13.0. The number of aliphatic hydroxyl groups excluding tert-OH is 1. The third kappa shape index (κ3) is 3.59. The molecule has 1 unspecified atom stereocenters.